The first kappa shape index (κ1) is 12.9. The molecule has 2 unspecified atom stereocenters. The van der Waals surface area contributed by atoms with Crippen LogP contribution in [0.3, 0.4) is 0 Å². The highest BCUT2D eigenvalue weighted by molar-refractivity contribution is 6.30. The van der Waals surface area contributed by atoms with Crippen molar-refractivity contribution in [2.45, 2.75) is 25.3 Å². The van der Waals surface area contributed by atoms with Crippen molar-refractivity contribution in [1.82, 2.24) is 5.32 Å². The minimum atomic E-state index is -0.689. The summed E-state index contributed by atoms with van der Waals surface area (Å²) in [5.41, 5.74) is 0.229. The molecule has 0 fully saturated rings. The van der Waals surface area contributed by atoms with Gasteiger partial charge in [0.1, 0.15) is 17.0 Å². The van der Waals surface area contributed by atoms with Gasteiger partial charge in [-0.3, -0.25) is 4.79 Å². The van der Waals surface area contributed by atoms with Gasteiger partial charge in [-0.25, -0.2) is 8.78 Å². The monoisotopic (exact) mass is 247 g/mol. The smallest absolute Gasteiger partial charge is 0.238 e. The van der Waals surface area contributed by atoms with Crippen molar-refractivity contribution >= 4 is 17.5 Å². The summed E-state index contributed by atoms with van der Waals surface area (Å²) >= 11 is 5.56. The number of rotatable bonds is 3. The Kier molecular flexibility index (Phi) is 4.24. The number of alkyl halides is 1. The fraction of sp³-hybridized carbons (Fsp3) is 0.364. The number of amides is 1. The van der Waals surface area contributed by atoms with E-state index >= 15 is 0 Å². The van der Waals surface area contributed by atoms with E-state index in [1.54, 1.807) is 6.92 Å². The Bertz CT molecular complexity index is 396. The lowest BCUT2D eigenvalue weighted by molar-refractivity contribution is -0.121. The van der Waals surface area contributed by atoms with Gasteiger partial charge in [-0.05, 0) is 19.9 Å². The second-order valence-electron chi connectivity index (χ2n) is 3.51. The zero-order valence-electron chi connectivity index (χ0n) is 8.93. The number of nitrogens with one attached hydrogen (secondary N) is 1. The van der Waals surface area contributed by atoms with Crippen molar-refractivity contribution in [3.8, 4) is 0 Å². The third kappa shape index (κ3) is 3.17. The molecule has 1 aromatic rings. The third-order valence-corrected chi connectivity index (χ3v) is 2.35. The summed E-state index contributed by atoms with van der Waals surface area (Å²) < 4.78 is 26.0. The van der Waals surface area contributed by atoms with E-state index in [9.17, 15) is 13.6 Å². The first-order valence-corrected chi connectivity index (χ1v) is 5.25. The minimum absolute atomic E-state index is 0.229. The average molecular weight is 248 g/mol. The maximum absolute atomic E-state index is 13.3. The topological polar surface area (TPSA) is 29.1 Å². The zero-order valence-corrected chi connectivity index (χ0v) is 9.68. The van der Waals surface area contributed by atoms with Crippen LogP contribution < -0.4 is 5.32 Å². The van der Waals surface area contributed by atoms with E-state index in [2.05, 4.69) is 5.32 Å². The summed E-state index contributed by atoms with van der Waals surface area (Å²) in [6.07, 6.45) is 0. The molecular formula is C11H12ClF2NO. The van der Waals surface area contributed by atoms with Crippen molar-refractivity contribution in [1.29, 1.82) is 0 Å². The Morgan fingerprint density at radius 3 is 2.50 bits per heavy atom. The summed E-state index contributed by atoms with van der Waals surface area (Å²) in [7, 11) is 0. The molecule has 1 rings (SSSR count). The van der Waals surface area contributed by atoms with Gasteiger partial charge in [0.25, 0.3) is 0 Å². The van der Waals surface area contributed by atoms with Gasteiger partial charge in [0.2, 0.25) is 5.91 Å². The standard InChI is InChI=1S/C11H12ClF2NO/c1-6(12)11(16)15-7(2)9-4-3-8(13)5-10(9)14/h3-7H,1-2H3,(H,15,16). The molecule has 0 aliphatic heterocycles. The van der Waals surface area contributed by atoms with Crippen LogP contribution in [0.5, 0.6) is 0 Å². The van der Waals surface area contributed by atoms with Gasteiger partial charge >= 0.3 is 0 Å². The Labute approximate surface area is 97.6 Å². The summed E-state index contributed by atoms with van der Waals surface area (Å²) in [6.45, 7) is 3.12. The number of benzene rings is 1. The van der Waals surface area contributed by atoms with Gasteiger partial charge in [0, 0.05) is 11.6 Å². The molecule has 0 saturated heterocycles. The lowest BCUT2D eigenvalue weighted by Gasteiger charge is -2.15. The SMILES string of the molecule is CC(Cl)C(=O)NC(C)c1ccc(F)cc1F. The molecule has 0 aliphatic carbocycles. The molecule has 1 aromatic carbocycles. The molecule has 88 valence electrons. The van der Waals surface area contributed by atoms with Crippen LogP contribution in [-0.2, 0) is 4.79 Å². The highest BCUT2D eigenvalue weighted by atomic mass is 35.5. The first-order chi connectivity index (χ1) is 7.41. The van der Waals surface area contributed by atoms with Crippen LogP contribution in [0.2, 0.25) is 0 Å². The molecular weight excluding hydrogens is 236 g/mol. The van der Waals surface area contributed by atoms with Gasteiger partial charge < -0.3 is 5.32 Å². The van der Waals surface area contributed by atoms with Crippen molar-refractivity contribution < 1.29 is 13.6 Å². The largest absolute Gasteiger partial charge is 0.348 e. The van der Waals surface area contributed by atoms with E-state index in [0.29, 0.717) is 0 Å². The van der Waals surface area contributed by atoms with Gasteiger partial charge in [-0.2, -0.15) is 0 Å². The Morgan fingerprint density at radius 1 is 1.38 bits per heavy atom. The molecule has 2 nitrogen and oxygen atoms in total. The second kappa shape index (κ2) is 5.25. The molecule has 0 bridgehead atoms. The molecule has 1 N–H and O–H groups in total. The second-order valence-corrected chi connectivity index (χ2v) is 4.17. The van der Waals surface area contributed by atoms with E-state index in [0.717, 1.165) is 12.1 Å². The quantitative estimate of drug-likeness (QED) is 0.818. The summed E-state index contributed by atoms with van der Waals surface area (Å²) in [4.78, 5) is 11.3. The van der Waals surface area contributed by atoms with Gasteiger partial charge in [-0.1, -0.05) is 6.07 Å². The lowest BCUT2D eigenvalue weighted by atomic mass is 10.1. The Morgan fingerprint density at radius 2 is 2.00 bits per heavy atom. The van der Waals surface area contributed by atoms with Crippen molar-refractivity contribution in [3.05, 3.63) is 35.4 Å². The highest BCUT2D eigenvalue weighted by Crippen LogP contribution is 2.17. The van der Waals surface area contributed by atoms with E-state index in [1.807, 2.05) is 0 Å². The van der Waals surface area contributed by atoms with Crippen LogP contribution in [0.25, 0.3) is 0 Å². The lowest BCUT2D eigenvalue weighted by Crippen LogP contribution is -2.32. The molecule has 16 heavy (non-hydrogen) atoms. The number of hydrogen-bond acceptors (Lipinski definition) is 1. The van der Waals surface area contributed by atoms with E-state index in [1.165, 1.54) is 13.0 Å². The first-order valence-electron chi connectivity index (χ1n) is 4.81. The number of carbonyl (C=O) groups excluding carboxylic acids is 1. The number of halogens is 3. The molecule has 0 aliphatic rings. The van der Waals surface area contributed by atoms with E-state index < -0.39 is 29.0 Å². The average Bonchev–Trinajstić information content (AvgIpc) is 2.16. The van der Waals surface area contributed by atoms with E-state index in [4.69, 9.17) is 11.6 Å². The van der Waals surface area contributed by atoms with Crippen LogP contribution in [0.4, 0.5) is 8.78 Å². The Hall–Kier alpha value is -1.16. The van der Waals surface area contributed by atoms with Gasteiger partial charge in [-0.15, -0.1) is 11.6 Å². The Balaban J connectivity index is 2.80. The maximum atomic E-state index is 13.3. The molecule has 0 spiro atoms. The molecule has 5 heteroatoms. The third-order valence-electron chi connectivity index (χ3n) is 2.15. The van der Waals surface area contributed by atoms with Crippen molar-refractivity contribution in [3.63, 3.8) is 0 Å². The normalized spacial score (nSPS) is 14.3. The molecule has 0 saturated carbocycles. The summed E-state index contributed by atoms with van der Waals surface area (Å²) in [5, 5.41) is 1.83. The molecule has 1 amide bonds. The molecule has 0 radical (unpaired) electrons. The number of hydrogen-bond donors (Lipinski definition) is 1. The van der Waals surface area contributed by atoms with Crippen LogP contribution in [0, 0.1) is 11.6 Å². The summed E-state index contributed by atoms with van der Waals surface area (Å²) in [5.74, 6) is -1.72. The van der Waals surface area contributed by atoms with Crippen LogP contribution in [0.1, 0.15) is 25.5 Å². The predicted octanol–water partition coefficient (Wildman–Crippen LogP) is 2.77. The van der Waals surface area contributed by atoms with Gasteiger partial charge in [0.15, 0.2) is 0 Å². The summed E-state index contributed by atoms with van der Waals surface area (Å²) in [6, 6.07) is 2.68. The molecule has 0 aromatic heterocycles. The predicted molar refractivity (Wildman–Crippen MR) is 58.2 cm³/mol. The fourth-order valence-electron chi connectivity index (χ4n) is 1.26. The zero-order chi connectivity index (χ0) is 12.3. The van der Waals surface area contributed by atoms with Crippen LogP contribution in [-0.4, -0.2) is 11.3 Å². The van der Waals surface area contributed by atoms with E-state index in [-0.39, 0.29) is 5.56 Å². The highest BCUT2D eigenvalue weighted by Gasteiger charge is 2.16. The van der Waals surface area contributed by atoms with Crippen LogP contribution >= 0.6 is 11.6 Å². The maximum Gasteiger partial charge on any atom is 0.238 e. The molecule has 0 heterocycles. The van der Waals surface area contributed by atoms with Gasteiger partial charge in [0.05, 0.1) is 6.04 Å². The van der Waals surface area contributed by atoms with Crippen molar-refractivity contribution in [2.75, 3.05) is 0 Å². The molecule has 2 atom stereocenters. The van der Waals surface area contributed by atoms with Crippen LogP contribution in [0.15, 0.2) is 18.2 Å². The van der Waals surface area contributed by atoms with Crippen molar-refractivity contribution in [2.24, 2.45) is 0 Å². The fourth-order valence-corrected chi connectivity index (χ4v) is 1.32. The minimum Gasteiger partial charge on any atom is -0.348 e. The number of carbonyl (C=O) groups is 1.